The molecule has 2 aromatic carbocycles. The van der Waals surface area contributed by atoms with E-state index in [0.717, 1.165) is 15.7 Å². The average molecular weight is 388 g/mol. The van der Waals surface area contributed by atoms with E-state index in [9.17, 15) is 4.39 Å². The highest BCUT2D eigenvalue weighted by molar-refractivity contribution is 9.10. The summed E-state index contributed by atoms with van der Waals surface area (Å²) in [4.78, 5) is 0. The molecule has 2 nitrogen and oxygen atoms in total. The molecular formula is C14H13Br2FN2. The second-order valence-electron chi connectivity index (χ2n) is 4.12. The van der Waals surface area contributed by atoms with Crippen LogP contribution in [-0.4, -0.2) is 6.54 Å². The van der Waals surface area contributed by atoms with Gasteiger partial charge in [-0.1, -0.05) is 28.1 Å². The summed E-state index contributed by atoms with van der Waals surface area (Å²) in [6.07, 6.45) is 0. The van der Waals surface area contributed by atoms with Crippen molar-refractivity contribution in [1.82, 2.24) is 0 Å². The van der Waals surface area contributed by atoms with Crippen molar-refractivity contribution >= 4 is 37.5 Å². The van der Waals surface area contributed by atoms with Crippen molar-refractivity contribution < 1.29 is 4.39 Å². The third-order valence-corrected chi connectivity index (χ3v) is 3.85. The fraction of sp³-hybridized carbons (Fsp3) is 0.143. The number of nitrogens with two attached hydrogens (primary N) is 1. The Kier molecular flexibility index (Phi) is 4.96. The molecule has 0 bridgehead atoms. The van der Waals surface area contributed by atoms with Gasteiger partial charge in [0.15, 0.2) is 0 Å². The van der Waals surface area contributed by atoms with Crippen LogP contribution in [0.1, 0.15) is 11.6 Å². The zero-order valence-corrected chi connectivity index (χ0v) is 13.2. The van der Waals surface area contributed by atoms with Crippen LogP contribution in [-0.2, 0) is 0 Å². The first kappa shape index (κ1) is 14.5. The van der Waals surface area contributed by atoms with Gasteiger partial charge in [0.2, 0.25) is 0 Å². The van der Waals surface area contributed by atoms with Gasteiger partial charge in [-0.2, -0.15) is 0 Å². The lowest BCUT2D eigenvalue weighted by Crippen LogP contribution is -2.20. The minimum atomic E-state index is -0.276. The van der Waals surface area contributed by atoms with E-state index in [2.05, 4.69) is 37.2 Å². The molecule has 0 saturated heterocycles. The molecule has 0 fully saturated rings. The highest BCUT2D eigenvalue weighted by Crippen LogP contribution is 2.25. The lowest BCUT2D eigenvalue weighted by molar-refractivity contribution is 0.619. The van der Waals surface area contributed by atoms with Crippen molar-refractivity contribution in [3.05, 3.63) is 62.8 Å². The summed E-state index contributed by atoms with van der Waals surface area (Å²) in [5.74, 6) is -0.276. The molecule has 0 aliphatic heterocycles. The number of hydrogen-bond donors (Lipinski definition) is 2. The maximum atomic E-state index is 13.2. The van der Waals surface area contributed by atoms with Crippen LogP contribution >= 0.6 is 31.9 Å². The molecule has 19 heavy (non-hydrogen) atoms. The molecule has 0 heterocycles. The van der Waals surface area contributed by atoms with Gasteiger partial charge in [0.05, 0.1) is 10.5 Å². The summed E-state index contributed by atoms with van der Waals surface area (Å²) in [5.41, 5.74) is 7.70. The summed E-state index contributed by atoms with van der Waals surface area (Å²) in [7, 11) is 0. The fourth-order valence-corrected chi connectivity index (χ4v) is 2.58. The number of anilines is 1. The molecule has 3 N–H and O–H groups in total. The van der Waals surface area contributed by atoms with Crippen LogP contribution in [0.3, 0.4) is 0 Å². The molecule has 0 aliphatic rings. The molecule has 100 valence electrons. The smallest absolute Gasteiger partial charge is 0.137 e. The first-order valence-corrected chi connectivity index (χ1v) is 7.36. The molecule has 0 aliphatic carbocycles. The van der Waals surface area contributed by atoms with Crippen LogP contribution < -0.4 is 11.1 Å². The van der Waals surface area contributed by atoms with Crippen LogP contribution in [0.5, 0.6) is 0 Å². The Morgan fingerprint density at radius 3 is 2.58 bits per heavy atom. The molecule has 5 heteroatoms. The van der Waals surface area contributed by atoms with E-state index in [1.807, 2.05) is 24.3 Å². The first-order chi connectivity index (χ1) is 9.10. The van der Waals surface area contributed by atoms with Gasteiger partial charge in [-0.15, -0.1) is 0 Å². The summed E-state index contributed by atoms with van der Waals surface area (Å²) < 4.78 is 14.7. The third-order valence-electron chi connectivity index (χ3n) is 2.75. The van der Waals surface area contributed by atoms with Gasteiger partial charge >= 0.3 is 0 Å². The van der Waals surface area contributed by atoms with Gasteiger partial charge in [-0.05, 0) is 51.8 Å². The molecule has 2 rings (SSSR count). The van der Waals surface area contributed by atoms with Crippen LogP contribution in [0.15, 0.2) is 51.4 Å². The lowest BCUT2D eigenvalue weighted by atomic mass is 10.1. The standard InChI is InChI=1S/C14H13Br2FN2/c15-10-2-1-3-11(7-10)19-14(8-18)9-4-5-13(17)12(16)6-9/h1-7,14,19H,8,18H2. The average Bonchev–Trinajstić information content (AvgIpc) is 2.39. The normalized spacial score (nSPS) is 12.2. The predicted molar refractivity (Wildman–Crippen MR) is 83.7 cm³/mol. The van der Waals surface area contributed by atoms with Gasteiger partial charge in [-0.25, -0.2) is 4.39 Å². The Bertz CT molecular complexity index is 575. The van der Waals surface area contributed by atoms with E-state index in [1.54, 1.807) is 12.1 Å². The summed E-state index contributed by atoms with van der Waals surface area (Å²) in [6.45, 7) is 0.421. The van der Waals surface area contributed by atoms with Crippen molar-refractivity contribution in [2.24, 2.45) is 5.73 Å². The molecule has 1 atom stereocenters. The van der Waals surface area contributed by atoms with Crippen molar-refractivity contribution in [1.29, 1.82) is 0 Å². The van der Waals surface area contributed by atoms with Crippen LogP contribution in [0.2, 0.25) is 0 Å². The Labute approximate surface area is 128 Å². The molecule has 0 saturated carbocycles. The van der Waals surface area contributed by atoms with Crippen molar-refractivity contribution in [3.63, 3.8) is 0 Å². The summed E-state index contributed by atoms with van der Waals surface area (Å²) in [5, 5.41) is 3.33. The van der Waals surface area contributed by atoms with Gasteiger partial charge in [0.25, 0.3) is 0 Å². The zero-order chi connectivity index (χ0) is 13.8. The van der Waals surface area contributed by atoms with Crippen molar-refractivity contribution in [2.75, 3.05) is 11.9 Å². The van der Waals surface area contributed by atoms with Gasteiger partial charge in [0, 0.05) is 16.7 Å². The summed E-state index contributed by atoms with van der Waals surface area (Å²) >= 11 is 6.61. The third kappa shape index (κ3) is 3.78. The fourth-order valence-electron chi connectivity index (χ4n) is 1.79. The SMILES string of the molecule is NCC(Nc1cccc(Br)c1)c1ccc(F)c(Br)c1. The highest BCUT2D eigenvalue weighted by Gasteiger charge is 2.11. The highest BCUT2D eigenvalue weighted by atomic mass is 79.9. The maximum absolute atomic E-state index is 13.2. The van der Waals surface area contributed by atoms with Crippen LogP contribution in [0, 0.1) is 5.82 Å². The lowest BCUT2D eigenvalue weighted by Gasteiger charge is -2.19. The van der Waals surface area contributed by atoms with E-state index in [0.29, 0.717) is 11.0 Å². The number of benzene rings is 2. The van der Waals surface area contributed by atoms with Gasteiger partial charge in [-0.3, -0.25) is 0 Å². The molecule has 2 aromatic rings. The topological polar surface area (TPSA) is 38.0 Å². The zero-order valence-electron chi connectivity index (χ0n) is 10.0. The number of nitrogens with one attached hydrogen (secondary N) is 1. The van der Waals surface area contributed by atoms with E-state index in [4.69, 9.17) is 5.73 Å². The monoisotopic (exact) mass is 386 g/mol. The largest absolute Gasteiger partial charge is 0.377 e. The Hall–Kier alpha value is -0.910. The Morgan fingerprint density at radius 2 is 1.95 bits per heavy atom. The quantitative estimate of drug-likeness (QED) is 0.812. The van der Waals surface area contributed by atoms with E-state index < -0.39 is 0 Å². The molecule has 0 radical (unpaired) electrons. The second-order valence-corrected chi connectivity index (χ2v) is 5.89. The second kappa shape index (κ2) is 6.50. The minimum absolute atomic E-state index is 0.0637. The van der Waals surface area contributed by atoms with Crippen molar-refractivity contribution in [2.45, 2.75) is 6.04 Å². The first-order valence-electron chi connectivity index (χ1n) is 5.77. The van der Waals surface area contributed by atoms with Crippen LogP contribution in [0.4, 0.5) is 10.1 Å². The van der Waals surface area contributed by atoms with Gasteiger partial charge in [0.1, 0.15) is 5.82 Å². The van der Waals surface area contributed by atoms with Gasteiger partial charge < -0.3 is 11.1 Å². The molecular weight excluding hydrogens is 375 g/mol. The molecule has 0 aromatic heterocycles. The Balaban J connectivity index is 2.22. The van der Waals surface area contributed by atoms with E-state index >= 15 is 0 Å². The van der Waals surface area contributed by atoms with Crippen LogP contribution in [0.25, 0.3) is 0 Å². The number of halogens is 3. The summed E-state index contributed by atoms with van der Waals surface area (Å²) in [6, 6.07) is 12.7. The van der Waals surface area contributed by atoms with Crippen molar-refractivity contribution in [3.8, 4) is 0 Å². The Morgan fingerprint density at radius 1 is 1.16 bits per heavy atom. The molecule has 0 spiro atoms. The number of rotatable bonds is 4. The van der Waals surface area contributed by atoms with E-state index in [-0.39, 0.29) is 11.9 Å². The minimum Gasteiger partial charge on any atom is -0.377 e. The molecule has 1 unspecified atom stereocenters. The van der Waals surface area contributed by atoms with E-state index in [1.165, 1.54) is 6.07 Å². The molecule has 0 amide bonds. The maximum Gasteiger partial charge on any atom is 0.137 e. The number of hydrogen-bond acceptors (Lipinski definition) is 2. The predicted octanol–water partition coefficient (Wildman–Crippen LogP) is 4.46.